The van der Waals surface area contributed by atoms with Crippen LogP contribution in [0.25, 0.3) is 0 Å². The molecule has 0 unspecified atom stereocenters. The average molecular weight is 418 g/mol. The van der Waals surface area contributed by atoms with Gasteiger partial charge in [0.05, 0.1) is 12.2 Å². The molecule has 0 radical (unpaired) electrons. The number of hydrogen-bond donors (Lipinski definition) is 2. The fraction of sp³-hybridized carbons (Fsp3) is 0.333. The van der Waals surface area contributed by atoms with E-state index in [0.29, 0.717) is 24.9 Å². The Labute approximate surface area is 146 Å². The summed E-state index contributed by atoms with van der Waals surface area (Å²) in [7, 11) is 1.69. The first-order chi connectivity index (χ1) is 10.1. The van der Waals surface area contributed by atoms with Crippen LogP contribution in [0.1, 0.15) is 22.9 Å². The van der Waals surface area contributed by atoms with E-state index in [1.807, 2.05) is 13.8 Å². The van der Waals surface area contributed by atoms with Crippen LogP contribution in [0.3, 0.4) is 0 Å². The second-order valence-corrected chi connectivity index (χ2v) is 4.65. The van der Waals surface area contributed by atoms with Gasteiger partial charge in [-0.3, -0.25) is 4.99 Å². The number of nitrogens with zero attached hydrogens (tertiary/aromatic N) is 2. The summed E-state index contributed by atoms with van der Waals surface area (Å²) in [6.45, 7) is 4.80. The SMILES string of the molecule is CN=C(NCc1ccc(F)cc1)NCc1nc(C)c(C)o1.I. The van der Waals surface area contributed by atoms with E-state index < -0.39 is 0 Å². The Hall–Kier alpha value is -1.64. The molecule has 2 N–H and O–H groups in total. The van der Waals surface area contributed by atoms with Crippen molar-refractivity contribution in [3.63, 3.8) is 0 Å². The summed E-state index contributed by atoms with van der Waals surface area (Å²) < 4.78 is 18.3. The third-order valence-corrected chi connectivity index (χ3v) is 3.08. The van der Waals surface area contributed by atoms with Gasteiger partial charge < -0.3 is 15.1 Å². The summed E-state index contributed by atoms with van der Waals surface area (Å²) in [4.78, 5) is 8.41. The number of benzene rings is 1. The second kappa shape index (κ2) is 8.72. The van der Waals surface area contributed by atoms with Gasteiger partial charge in [0.25, 0.3) is 0 Å². The molecule has 0 aliphatic carbocycles. The zero-order valence-electron chi connectivity index (χ0n) is 12.8. The molecule has 5 nitrogen and oxygen atoms in total. The van der Waals surface area contributed by atoms with Crippen molar-refractivity contribution in [1.82, 2.24) is 15.6 Å². The Morgan fingerprint density at radius 2 is 1.82 bits per heavy atom. The van der Waals surface area contributed by atoms with E-state index in [1.54, 1.807) is 19.2 Å². The Kier molecular flexibility index (Phi) is 7.30. The third kappa shape index (κ3) is 5.28. The number of nitrogens with one attached hydrogen (secondary N) is 2. The molecule has 0 bridgehead atoms. The van der Waals surface area contributed by atoms with Crippen LogP contribution in [0, 0.1) is 19.7 Å². The van der Waals surface area contributed by atoms with E-state index in [9.17, 15) is 4.39 Å². The van der Waals surface area contributed by atoms with Gasteiger partial charge in [0.1, 0.15) is 11.6 Å². The van der Waals surface area contributed by atoms with Gasteiger partial charge in [0.2, 0.25) is 5.89 Å². The molecule has 7 heteroatoms. The maximum Gasteiger partial charge on any atom is 0.214 e. The van der Waals surface area contributed by atoms with E-state index in [2.05, 4.69) is 20.6 Å². The minimum atomic E-state index is -0.240. The predicted octanol–water partition coefficient (Wildman–Crippen LogP) is 2.91. The highest BCUT2D eigenvalue weighted by molar-refractivity contribution is 14.0. The molecule has 1 heterocycles. The van der Waals surface area contributed by atoms with Crippen LogP contribution in [0.2, 0.25) is 0 Å². The van der Waals surface area contributed by atoms with E-state index in [4.69, 9.17) is 4.42 Å². The maximum absolute atomic E-state index is 12.8. The van der Waals surface area contributed by atoms with Crippen molar-refractivity contribution < 1.29 is 8.81 Å². The lowest BCUT2D eigenvalue weighted by molar-refractivity contribution is 0.463. The highest BCUT2D eigenvalue weighted by Gasteiger charge is 2.06. The minimum absolute atomic E-state index is 0. The van der Waals surface area contributed by atoms with Gasteiger partial charge in [0.15, 0.2) is 5.96 Å². The van der Waals surface area contributed by atoms with E-state index in [0.717, 1.165) is 17.0 Å². The lowest BCUT2D eigenvalue weighted by atomic mass is 10.2. The van der Waals surface area contributed by atoms with Crippen molar-refractivity contribution in [2.75, 3.05) is 7.05 Å². The zero-order valence-corrected chi connectivity index (χ0v) is 15.1. The first-order valence-corrected chi connectivity index (χ1v) is 6.70. The van der Waals surface area contributed by atoms with Crippen LogP contribution in [-0.2, 0) is 13.1 Å². The van der Waals surface area contributed by atoms with E-state index >= 15 is 0 Å². The smallest absolute Gasteiger partial charge is 0.214 e. The average Bonchev–Trinajstić information content (AvgIpc) is 2.80. The molecule has 0 fully saturated rings. The van der Waals surface area contributed by atoms with Crippen molar-refractivity contribution in [2.24, 2.45) is 4.99 Å². The molecular formula is C15H20FIN4O. The molecule has 1 aromatic carbocycles. The van der Waals surface area contributed by atoms with Crippen LogP contribution < -0.4 is 10.6 Å². The lowest BCUT2D eigenvalue weighted by Gasteiger charge is -2.10. The number of aromatic nitrogens is 1. The number of hydrogen-bond acceptors (Lipinski definition) is 3. The first kappa shape index (κ1) is 18.4. The van der Waals surface area contributed by atoms with Gasteiger partial charge in [-0.1, -0.05) is 12.1 Å². The van der Waals surface area contributed by atoms with Gasteiger partial charge in [0, 0.05) is 13.6 Å². The summed E-state index contributed by atoms with van der Waals surface area (Å²) in [5.74, 6) is 1.83. The quantitative estimate of drug-likeness (QED) is 0.456. The fourth-order valence-corrected chi connectivity index (χ4v) is 1.78. The van der Waals surface area contributed by atoms with Crippen molar-refractivity contribution in [2.45, 2.75) is 26.9 Å². The van der Waals surface area contributed by atoms with Crippen LogP contribution in [0.5, 0.6) is 0 Å². The van der Waals surface area contributed by atoms with Crippen LogP contribution in [-0.4, -0.2) is 18.0 Å². The molecule has 2 rings (SSSR count). The molecule has 1 aromatic heterocycles. The molecule has 0 saturated carbocycles. The van der Waals surface area contributed by atoms with E-state index in [1.165, 1.54) is 12.1 Å². The largest absolute Gasteiger partial charge is 0.444 e. The van der Waals surface area contributed by atoms with Crippen molar-refractivity contribution in [1.29, 1.82) is 0 Å². The molecule has 0 atom stereocenters. The highest BCUT2D eigenvalue weighted by atomic mass is 127. The summed E-state index contributed by atoms with van der Waals surface area (Å²) in [5.41, 5.74) is 1.86. The molecule has 2 aromatic rings. The summed E-state index contributed by atoms with van der Waals surface area (Å²) in [6, 6.07) is 6.34. The monoisotopic (exact) mass is 418 g/mol. The second-order valence-electron chi connectivity index (χ2n) is 4.65. The lowest BCUT2D eigenvalue weighted by Crippen LogP contribution is -2.36. The van der Waals surface area contributed by atoms with Crippen molar-refractivity contribution >= 4 is 29.9 Å². The van der Waals surface area contributed by atoms with Gasteiger partial charge in [-0.2, -0.15) is 0 Å². The van der Waals surface area contributed by atoms with Gasteiger partial charge in [-0.25, -0.2) is 9.37 Å². The summed E-state index contributed by atoms with van der Waals surface area (Å²) >= 11 is 0. The van der Waals surface area contributed by atoms with E-state index in [-0.39, 0.29) is 29.8 Å². The van der Waals surface area contributed by atoms with Crippen LogP contribution >= 0.6 is 24.0 Å². The molecular weight excluding hydrogens is 398 g/mol. The number of aliphatic imine (C=N–C) groups is 1. The number of rotatable bonds is 4. The standard InChI is InChI=1S/C15H19FN4O.HI/c1-10-11(2)21-14(20-10)9-19-15(17-3)18-8-12-4-6-13(16)7-5-12;/h4-7H,8-9H2,1-3H3,(H2,17,18,19);1H. The van der Waals surface area contributed by atoms with Crippen molar-refractivity contribution in [3.8, 4) is 0 Å². The first-order valence-electron chi connectivity index (χ1n) is 6.70. The Balaban J connectivity index is 0.00000242. The van der Waals surface area contributed by atoms with Gasteiger partial charge in [-0.05, 0) is 31.5 Å². The zero-order chi connectivity index (χ0) is 15.2. The molecule has 0 saturated heterocycles. The van der Waals surface area contributed by atoms with Crippen LogP contribution in [0.15, 0.2) is 33.7 Å². The molecule has 0 aliphatic heterocycles. The fourth-order valence-electron chi connectivity index (χ4n) is 1.78. The van der Waals surface area contributed by atoms with Crippen molar-refractivity contribution in [3.05, 3.63) is 53.0 Å². The number of guanidine groups is 1. The molecule has 120 valence electrons. The van der Waals surface area contributed by atoms with Gasteiger partial charge >= 0.3 is 0 Å². The molecule has 0 spiro atoms. The normalized spacial score (nSPS) is 11.0. The highest BCUT2D eigenvalue weighted by Crippen LogP contribution is 2.07. The molecule has 0 amide bonds. The Bertz CT molecular complexity index is 605. The molecule has 0 aliphatic rings. The topological polar surface area (TPSA) is 62.5 Å². The number of halogens is 2. The Morgan fingerprint density at radius 3 is 2.36 bits per heavy atom. The minimum Gasteiger partial charge on any atom is -0.444 e. The Morgan fingerprint density at radius 1 is 1.18 bits per heavy atom. The number of aryl methyl sites for hydroxylation is 2. The number of oxazole rings is 1. The predicted molar refractivity (Wildman–Crippen MR) is 94.8 cm³/mol. The molecule has 22 heavy (non-hydrogen) atoms. The summed E-state index contributed by atoms with van der Waals surface area (Å²) in [5, 5.41) is 6.26. The third-order valence-electron chi connectivity index (χ3n) is 3.08. The van der Waals surface area contributed by atoms with Gasteiger partial charge in [-0.15, -0.1) is 24.0 Å². The van der Waals surface area contributed by atoms with Crippen LogP contribution in [0.4, 0.5) is 4.39 Å². The maximum atomic E-state index is 12.8. The summed E-state index contributed by atoms with van der Waals surface area (Å²) in [6.07, 6.45) is 0.